The van der Waals surface area contributed by atoms with Crippen LogP contribution in [-0.4, -0.2) is 17.6 Å². The van der Waals surface area contributed by atoms with Crippen LogP contribution in [-0.2, 0) is 4.79 Å². The van der Waals surface area contributed by atoms with Crippen LogP contribution in [0.15, 0.2) is 77.7 Å². The van der Waals surface area contributed by atoms with Crippen LogP contribution in [0, 0.1) is 0 Å². The zero-order chi connectivity index (χ0) is 18.6. The Balaban J connectivity index is 1.49. The van der Waals surface area contributed by atoms with Gasteiger partial charge in [0.15, 0.2) is 0 Å². The first kappa shape index (κ1) is 17.2. The van der Waals surface area contributed by atoms with Crippen molar-refractivity contribution < 1.29 is 14.3 Å². The molecule has 3 aromatic carbocycles. The third kappa shape index (κ3) is 4.12. The summed E-state index contributed by atoms with van der Waals surface area (Å²) in [6.07, 6.45) is 0. The van der Waals surface area contributed by atoms with Crippen LogP contribution < -0.4 is 15.4 Å². The summed E-state index contributed by atoms with van der Waals surface area (Å²) in [5, 5.41) is 5.66. The highest BCUT2D eigenvalue weighted by atomic mass is 32.2. The lowest BCUT2D eigenvalue weighted by Crippen LogP contribution is -2.19. The molecular formula is C21H16N2O3S. The molecule has 0 radical (unpaired) electrons. The molecule has 0 saturated carbocycles. The number of fused-ring (bicyclic) bond motifs is 1. The molecule has 5 nitrogen and oxygen atoms in total. The van der Waals surface area contributed by atoms with Crippen molar-refractivity contribution in [2.24, 2.45) is 0 Å². The topological polar surface area (TPSA) is 67.4 Å². The molecule has 0 aliphatic carbocycles. The number of rotatable bonds is 4. The second-order valence-electron chi connectivity index (χ2n) is 5.94. The Morgan fingerprint density at radius 3 is 2.63 bits per heavy atom. The van der Waals surface area contributed by atoms with Gasteiger partial charge in [0, 0.05) is 22.2 Å². The van der Waals surface area contributed by atoms with E-state index in [0.717, 1.165) is 10.6 Å². The van der Waals surface area contributed by atoms with Crippen molar-refractivity contribution >= 4 is 35.0 Å². The van der Waals surface area contributed by atoms with Gasteiger partial charge in [0.2, 0.25) is 5.91 Å². The van der Waals surface area contributed by atoms with Crippen LogP contribution in [0.25, 0.3) is 0 Å². The lowest BCUT2D eigenvalue weighted by molar-refractivity contribution is -0.113. The summed E-state index contributed by atoms with van der Waals surface area (Å²) >= 11 is 1.46. The van der Waals surface area contributed by atoms with E-state index in [1.54, 1.807) is 24.3 Å². The van der Waals surface area contributed by atoms with Gasteiger partial charge in [-0.05, 0) is 42.5 Å². The average molecular weight is 376 g/mol. The van der Waals surface area contributed by atoms with Crippen molar-refractivity contribution in [3.63, 3.8) is 0 Å². The lowest BCUT2D eigenvalue weighted by atomic mass is 10.1. The van der Waals surface area contributed by atoms with E-state index in [2.05, 4.69) is 10.6 Å². The normalized spacial score (nSPS) is 12.7. The summed E-state index contributed by atoms with van der Waals surface area (Å²) < 4.78 is 5.79. The summed E-state index contributed by atoms with van der Waals surface area (Å²) in [5.41, 5.74) is 1.78. The summed E-state index contributed by atoms with van der Waals surface area (Å²) in [7, 11) is 0. The predicted octanol–water partition coefficient (Wildman–Crippen LogP) is 4.78. The molecule has 1 aliphatic rings. The van der Waals surface area contributed by atoms with Gasteiger partial charge in [0.25, 0.3) is 5.91 Å². The van der Waals surface area contributed by atoms with E-state index in [0.29, 0.717) is 28.4 Å². The molecule has 0 unspecified atom stereocenters. The van der Waals surface area contributed by atoms with Gasteiger partial charge in [0.05, 0.1) is 11.4 Å². The van der Waals surface area contributed by atoms with E-state index in [9.17, 15) is 9.59 Å². The Morgan fingerprint density at radius 1 is 0.963 bits per heavy atom. The Morgan fingerprint density at radius 2 is 1.78 bits per heavy atom. The summed E-state index contributed by atoms with van der Waals surface area (Å²) in [6, 6.07) is 21.9. The Labute approximate surface area is 160 Å². The molecule has 0 bridgehead atoms. The molecule has 134 valence electrons. The van der Waals surface area contributed by atoms with Crippen LogP contribution in [0.4, 0.5) is 11.4 Å². The Hall–Kier alpha value is -3.25. The molecule has 2 amide bonds. The number of para-hydroxylation sites is 1. The van der Waals surface area contributed by atoms with Gasteiger partial charge in [0.1, 0.15) is 11.5 Å². The number of carbonyl (C=O) groups is 2. The van der Waals surface area contributed by atoms with Gasteiger partial charge in [-0.2, -0.15) is 0 Å². The fourth-order valence-electron chi connectivity index (χ4n) is 2.69. The zero-order valence-electron chi connectivity index (χ0n) is 14.3. The number of nitrogens with one attached hydrogen (secondary N) is 2. The maximum atomic E-state index is 12.6. The fraction of sp³-hybridized carbons (Fsp3) is 0.0476. The third-order valence-electron chi connectivity index (χ3n) is 3.95. The maximum absolute atomic E-state index is 12.6. The number of hydrogen-bond acceptors (Lipinski definition) is 4. The van der Waals surface area contributed by atoms with Gasteiger partial charge < -0.3 is 15.4 Å². The first-order chi connectivity index (χ1) is 13.2. The van der Waals surface area contributed by atoms with Crippen LogP contribution in [0.5, 0.6) is 11.5 Å². The summed E-state index contributed by atoms with van der Waals surface area (Å²) in [6.45, 7) is 0. The number of benzene rings is 3. The largest absolute Gasteiger partial charge is 0.457 e. The van der Waals surface area contributed by atoms with E-state index in [-0.39, 0.29) is 11.8 Å². The van der Waals surface area contributed by atoms with Crippen LogP contribution >= 0.6 is 11.8 Å². The molecular weight excluding hydrogens is 360 g/mol. The van der Waals surface area contributed by atoms with Crippen molar-refractivity contribution in [1.29, 1.82) is 0 Å². The quantitative estimate of drug-likeness (QED) is 0.688. The molecule has 3 aromatic rings. The second-order valence-corrected chi connectivity index (χ2v) is 6.96. The molecule has 4 rings (SSSR count). The predicted molar refractivity (Wildman–Crippen MR) is 107 cm³/mol. The lowest BCUT2D eigenvalue weighted by Gasteiger charge is -2.17. The van der Waals surface area contributed by atoms with E-state index >= 15 is 0 Å². The van der Waals surface area contributed by atoms with Gasteiger partial charge in [-0.3, -0.25) is 9.59 Å². The van der Waals surface area contributed by atoms with Gasteiger partial charge in [-0.25, -0.2) is 0 Å². The maximum Gasteiger partial charge on any atom is 0.255 e. The molecule has 0 atom stereocenters. The number of anilines is 2. The van der Waals surface area contributed by atoms with Crippen molar-refractivity contribution in [2.45, 2.75) is 4.90 Å². The minimum Gasteiger partial charge on any atom is -0.457 e. The Kier molecular flexibility index (Phi) is 4.80. The SMILES string of the molecule is O=C1CSc2ccc(C(=O)Nc3cccc(Oc4ccccc4)c3)cc2N1. The number of amides is 2. The first-order valence-electron chi connectivity index (χ1n) is 8.38. The standard InChI is InChI=1S/C21H16N2O3S/c24-20-13-27-19-10-9-14(11-18(19)23-20)21(25)22-15-5-4-8-17(12-15)26-16-6-2-1-3-7-16/h1-12H,13H2,(H,22,25)(H,23,24). The van der Waals surface area contributed by atoms with Crippen molar-refractivity contribution in [2.75, 3.05) is 16.4 Å². The molecule has 0 spiro atoms. The first-order valence-corrected chi connectivity index (χ1v) is 9.37. The molecule has 27 heavy (non-hydrogen) atoms. The molecule has 0 aromatic heterocycles. The summed E-state index contributed by atoms with van der Waals surface area (Å²) in [4.78, 5) is 25.1. The van der Waals surface area contributed by atoms with Gasteiger partial charge in [-0.1, -0.05) is 24.3 Å². The zero-order valence-corrected chi connectivity index (χ0v) is 15.1. The molecule has 1 aliphatic heterocycles. The molecule has 0 saturated heterocycles. The minimum atomic E-state index is -0.250. The molecule has 6 heteroatoms. The monoisotopic (exact) mass is 376 g/mol. The van der Waals surface area contributed by atoms with Gasteiger partial charge in [-0.15, -0.1) is 11.8 Å². The van der Waals surface area contributed by atoms with E-state index < -0.39 is 0 Å². The highest BCUT2D eigenvalue weighted by Crippen LogP contribution is 2.32. The van der Waals surface area contributed by atoms with Gasteiger partial charge >= 0.3 is 0 Å². The van der Waals surface area contributed by atoms with E-state index in [1.807, 2.05) is 48.5 Å². The number of thioether (sulfide) groups is 1. The Bertz CT molecular complexity index is 1010. The minimum absolute atomic E-state index is 0.0594. The number of hydrogen-bond donors (Lipinski definition) is 2. The highest BCUT2D eigenvalue weighted by Gasteiger charge is 2.17. The van der Waals surface area contributed by atoms with Crippen LogP contribution in [0.2, 0.25) is 0 Å². The number of ether oxygens (including phenoxy) is 1. The van der Waals surface area contributed by atoms with Crippen molar-refractivity contribution in [3.05, 3.63) is 78.4 Å². The van der Waals surface area contributed by atoms with Crippen molar-refractivity contribution in [1.82, 2.24) is 0 Å². The van der Waals surface area contributed by atoms with Crippen molar-refractivity contribution in [3.8, 4) is 11.5 Å². The van der Waals surface area contributed by atoms with Crippen LogP contribution in [0.1, 0.15) is 10.4 Å². The highest BCUT2D eigenvalue weighted by molar-refractivity contribution is 8.00. The molecule has 1 heterocycles. The second kappa shape index (κ2) is 7.55. The van der Waals surface area contributed by atoms with Crippen LogP contribution in [0.3, 0.4) is 0 Å². The van der Waals surface area contributed by atoms with E-state index in [1.165, 1.54) is 11.8 Å². The van der Waals surface area contributed by atoms with E-state index in [4.69, 9.17) is 4.74 Å². The molecule has 2 N–H and O–H groups in total. The summed E-state index contributed by atoms with van der Waals surface area (Å²) in [5.74, 6) is 1.44. The third-order valence-corrected chi connectivity index (χ3v) is 5.02. The molecule has 0 fully saturated rings. The average Bonchev–Trinajstić information content (AvgIpc) is 2.68. The number of carbonyl (C=O) groups excluding carboxylic acids is 2. The fourth-order valence-corrected chi connectivity index (χ4v) is 3.48. The smallest absolute Gasteiger partial charge is 0.255 e.